The Bertz CT molecular complexity index is 5810. The molecule has 0 aromatic heterocycles. The third-order valence-corrected chi connectivity index (χ3v) is 35.0. The molecule has 10 atom stereocenters. The largest absolute Gasteiger partial charge is 0.417 e. The summed E-state index contributed by atoms with van der Waals surface area (Å²) in [5.74, 6) is 4.20. The van der Waals surface area contributed by atoms with Crippen LogP contribution < -0.4 is 5.73 Å². The molecule has 10 bridgehead atoms. The first-order valence-electron chi connectivity index (χ1n) is 52.8. The molecule has 10 aromatic carbocycles. The third kappa shape index (κ3) is 24.6. The minimum Gasteiger partial charge on any atom is -0.385 e. The van der Waals surface area contributed by atoms with Gasteiger partial charge in [0.15, 0.2) is 0 Å². The summed E-state index contributed by atoms with van der Waals surface area (Å²) in [7, 11) is 2.21. The van der Waals surface area contributed by atoms with E-state index < -0.39 is 39.7 Å². The lowest BCUT2D eigenvalue weighted by atomic mass is 9.66. The summed E-state index contributed by atoms with van der Waals surface area (Å²) < 4.78 is 40.0. The fraction of sp³-hybridized carbons (Fsp3) is 0.484. The van der Waals surface area contributed by atoms with Crippen molar-refractivity contribution in [1.29, 1.82) is 15.8 Å². The molecule has 0 saturated carbocycles. The zero-order chi connectivity index (χ0) is 98.1. The van der Waals surface area contributed by atoms with E-state index in [1.54, 1.807) is 12.1 Å². The number of nitrogens with zero attached hydrogens (tertiary/aromatic N) is 10. The van der Waals surface area contributed by atoms with Crippen molar-refractivity contribution in [1.82, 2.24) is 34.3 Å². The van der Waals surface area contributed by atoms with E-state index >= 15 is 0 Å². The highest BCUT2D eigenvalue weighted by Gasteiger charge is 2.53. The van der Waals surface area contributed by atoms with Gasteiger partial charge < -0.3 is 60.7 Å². The second kappa shape index (κ2) is 46.8. The minimum atomic E-state index is -4.58. The number of aryl methyl sites for hydroxylation is 6. The number of piperazine rings is 1. The van der Waals surface area contributed by atoms with Crippen LogP contribution in [0.5, 0.6) is 0 Å². The second-order valence-electron chi connectivity index (χ2n) is 43.1. The fourth-order valence-corrected chi connectivity index (χ4v) is 26.4. The summed E-state index contributed by atoms with van der Waals surface area (Å²) in [5, 5.41) is 87.4. The number of piperidine rings is 15. The van der Waals surface area contributed by atoms with Crippen LogP contribution in [0.1, 0.15) is 198 Å². The maximum atomic E-state index is 13.3. The Hall–Kier alpha value is -10.1. The molecule has 16 nitrogen and oxygen atoms in total. The van der Waals surface area contributed by atoms with Gasteiger partial charge in [-0.15, -0.1) is 0 Å². The van der Waals surface area contributed by atoms with Gasteiger partial charge >= 0.3 is 6.18 Å². The predicted octanol–water partition coefficient (Wildman–Crippen LogP) is 20.6. The molecular formula is C122H158F3N11O5. The third-order valence-electron chi connectivity index (χ3n) is 35.0. The molecule has 0 radical (unpaired) electrons. The van der Waals surface area contributed by atoms with Gasteiger partial charge in [-0.05, 0) is 346 Å². The topological polar surface area (TPSA) is 221 Å². The van der Waals surface area contributed by atoms with Gasteiger partial charge in [-0.1, -0.05) is 224 Å². The molecule has 10 unspecified atom stereocenters. The van der Waals surface area contributed by atoms with Gasteiger partial charge in [-0.2, -0.15) is 29.0 Å². The molecule has 0 aliphatic carbocycles. The van der Waals surface area contributed by atoms with Crippen LogP contribution in [0.2, 0.25) is 0 Å². The summed E-state index contributed by atoms with van der Waals surface area (Å²) in [4.78, 5) is 17.5. The number of likely N-dealkylation sites (N-methyl/N-ethyl adjacent to an activating group) is 1. The number of hydrogen-bond acceptors (Lipinski definition) is 16. The molecule has 16 saturated heterocycles. The Morgan fingerprint density at radius 3 is 0.950 bits per heavy atom. The van der Waals surface area contributed by atoms with Crippen molar-refractivity contribution in [3.05, 3.63) is 355 Å². The summed E-state index contributed by atoms with van der Waals surface area (Å²) >= 11 is 0. The van der Waals surface area contributed by atoms with Crippen LogP contribution in [-0.2, 0) is 79.4 Å². The summed E-state index contributed by atoms with van der Waals surface area (Å²) in [6, 6.07) is 92.0. The number of benzene rings is 10. The Morgan fingerprint density at radius 2 is 0.624 bits per heavy atom. The number of rotatable bonds is 28. The van der Waals surface area contributed by atoms with Gasteiger partial charge in [0.25, 0.3) is 0 Å². The highest BCUT2D eigenvalue weighted by atomic mass is 19.4. The van der Waals surface area contributed by atoms with Crippen LogP contribution in [0, 0.1) is 100 Å². The number of hydrogen-bond donors (Lipinski definition) is 6. The quantitative estimate of drug-likeness (QED) is 0.0268. The van der Waals surface area contributed by atoms with Crippen LogP contribution >= 0.6 is 0 Å². The standard InChI is InChI=1S/C28H39N3O.C24H25F3N2O.C24H28N2O.C23H30N2O.C23H26N2O.5H2/c1-29-17-19-31(20-18-29)21-24-9-7-23(8-10-24)11-14-28(32,26-5-3-2-4-6-26)27-22-30-15-12-25(27)13-16-30;25-24(26,27)21-14-17(6-7-19(21)15-28)8-11-23(30,20-4-2-1-3-5-20)22-16-29-12-9-18(22)10-13-29;1-18-7-8-19(16-25)15-21(18)9-12-24(27,22-5-3-2-4-6-22)23-17-26-13-10-20(23)11-14-26;2*24-16-19-6-4-5-18(15-19)9-12-23(26,21-7-2-1-3-8-21)22-17-25-13-10-20(22)11-14-25;;;;;/h2-10,25,27,32H,11-22H2,1H3;1-7,14,18,22,30H,8-13,16H2;2-8,15,20,23,27H,9-14,17H2,1H3;1-8,15,20,22,26H,9-14,16-17,24H2;1-8,15,20,22,26H,9-14,17H2;5*1H. The van der Waals surface area contributed by atoms with Crippen LogP contribution in [0.15, 0.2) is 261 Å². The summed E-state index contributed by atoms with van der Waals surface area (Å²) in [6.07, 6.45) is 14.2. The molecule has 16 fully saturated rings. The minimum absolute atomic E-state index is 0. The van der Waals surface area contributed by atoms with E-state index in [1.807, 2.05) is 109 Å². The number of halogens is 3. The Morgan fingerprint density at radius 1 is 0.319 bits per heavy atom. The molecule has 26 rings (SSSR count). The van der Waals surface area contributed by atoms with E-state index in [1.165, 1.54) is 138 Å². The number of aliphatic hydroxyl groups is 5. The van der Waals surface area contributed by atoms with Crippen molar-refractivity contribution in [2.45, 2.75) is 183 Å². The average molecular weight is 1920 g/mol. The van der Waals surface area contributed by atoms with E-state index in [-0.39, 0.29) is 30.5 Å². The van der Waals surface area contributed by atoms with Crippen LogP contribution in [0.4, 0.5) is 13.2 Å². The molecule has 141 heavy (non-hydrogen) atoms. The zero-order valence-electron chi connectivity index (χ0n) is 83.0. The second-order valence-corrected chi connectivity index (χ2v) is 43.1. The van der Waals surface area contributed by atoms with Crippen LogP contribution in [-0.4, -0.2) is 191 Å². The molecule has 752 valence electrons. The van der Waals surface area contributed by atoms with Crippen molar-refractivity contribution in [3.8, 4) is 18.2 Å². The lowest BCUT2D eigenvalue weighted by molar-refractivity contribution is -0.137. The number of alkyl halides is 3. The van der Waals surface area contributed by atoms with Crippen molar-refractivity contribution < 1.29 is 45.8 Å². The van der Waals surface area contributed by atoms with Crippen molar-refractivity contribution in [2.75, 3.05) is 131 Å². The van der Waals surface area contributed by atoms with Gasteiger partial charge in [0, 0.05) is 109 Å². The molecule has 0 spiro atoms. The first-order valence-corrected chi connectivity index (χ1v) is 52.8. The van der Waals surface area contributed by atoms with Crippen LogP contribution in [0.25, 0.3) is 0 Å². The zero-order valence-corrected chi connectivity index (χ0v) is 83.0. The molecule has 10 aromatic rings. The maximum Gasteiger partial charge on any atom is 0.417 e. The first-order chi connectivity index (χ1) is 68.4. The fourth-order valence-electron chi connectivity index (χ4n) is 26.4. The molecular weight excluding hydrogens is 1760 g/mol. The molecule has 16 heterocycles. The predicted molar refractivity (Wildman–Crippen MR) is 564 cm³/mol. The highest BCUT2D eigenvalue weighted by Crippen LogP contribution is 2.53. The number of nitriles is 3. The molecule has 7 N–H and O–H groups in total. The highest BCUT2D eigenvalue weighted by molar-refractivity contribution is 5.44. The van der Waals surface area contributed by atoms with Crippen LogP contribution in [0.3, 0.4) is 0 Å². The molecule has 19 heteroatoms. The SMILES string of the molecule is CN1CCN(Cc2ccc(CCC(O)(c3ccccc3)C3CN4CCC3CC4)cc2)CC1.Cc1ccc(C#N)cc1CCC(O)(c1ccccc1)C1CN2CCC1CC2.N#Cc1ccc(CCC(O)(c2ccccc2)C2CN3CCC2CC3)cc1C(F)(F)F.N#Cc1cccc(CCC(O)(c2ccccc2)C2CN3CCC2CC3)c1.NCc1cccc(CCC(O)(c2ccccc2)C2CN3CCC2CC3)c1.[HH].[HH].[HH].[HH].[HH]. The van der Waals surface area contributed by atoms with Gasteiger partial charge in [0.1, 0.15) is 0 Å². The first kappa shape index (κ1) is 102. The van der Waals surface area contributed by atoms with E-state index in [4.69, 9.17) is 16.3 Å². The van der Waals surface area contributed by atoms with Crippen molar-refractivity contribution in [2.24, 2.45) is 64.9 Å². The van der Waals surface area contributed by atoms with Crippen molar-refractivity contribution >= 4 is 0 Å². The van der Waals surface area contributed by atoms with Gasteiger partial charge in [-0.3, -0.25) is 4.90 Å². The number of nitrogens with two attached hydrogens (primary N) is 1. The smallest absolute Gasteiger partial charge is 0.385 e. The van der Waals surface area contributed by atoms with Gasteiger partial charge in [-0.25, -0.2) is 0 Å². The monoisotopic (exact) mass is 1910 g/mol. The van der Waals surface area contributed by atoms with Crippen molar-refractivity contribution in [3.63, 3.8) is 0 Å². The van der Waals surface area contributed by atoms with E-state index in [2.05, 4.69) is 194 Å². The van der Waals surface area contributed by atoms with E-state index in [0.717, 1.165) is 175 Å². The number of fused-ring (bicyclic) bond motifs is 15. The molecule has 16 aliphatic heterocycles. The lowest BCUT2D eigenvalue weighted by Crippen LogP contribution is -2.55. The molecule has 0 amide bonds. The van der Waals surface area contributed by atoms with Gasteiger partial charge in [0.2, 0.25) is 0 Å². The summed E-state index contributed by atoms with van der Waals surface area (Å²) in [5.41, 5.74) is 15.9. The Kier molecular flexibility index (Phi) is 34.0. The molecule has 16 aliphatic rings. The lowest BCUT2D eigenvalue weighted by Gasteiger charge is -2.51. The summed E-state index contributed by atoms with van der Waals surface area (Å²) in [6.45, 7) is 24.8. The Labute approximate surface area is 843 Å². The van der Waals surface area contributed by atoms with E-state index in [9.17, 15) is 44.0 Å². The van der Waals surface area contributed by atoms with Gasteiger partial charge in [0.05, 0.1) is 68.5 Å². The Balaban J connectivity index is 0.000000161. The normalized spacial score (nSPS) is 26.9. The average Bonchev–Trinajstić information content (AvgIpc) is 0.777. The maximum absolute atomic E-state index is 13.3. The van der Waals surface area contributed by atoms with E-state index in [0.29, 0.717) is 90.3 Å².